The van der Waals surface area contributed by atoms with Crippen LogP contribution in [0.25, 0.3) is 0 Å². The Morgan fingerprint density at radius 1 is 1.53 bits per heavy atom. The standard InChI is InChI=1S/C11H11ClO3/c1-15-9-5-7(12)4-8(11(9)14)10(13)6-2-3-6/h4-6,14H,2-3H2,1H3. The zero-order valence-corrected chi connectivity index (χ0v) is 9.04. The molecule has 0 bridgehead atoms. The van der Waals surface area contributed by atoms with E-state index in [0.29, 0.717) is 5.02 Å². The van der Waals surface area contributed by atoms with Gasteiger partial charge in [-0.05, 0) is 18.9 Å². The third kappa shape index (κ3) is 1.92. The first-order chi connectivity index (χ1) is 7.13. The molecule has 15 heavy (non-hydrogen) atoms. The molecule has 1 aromatic rings. The monoisotopic (exact) mass is 226 g/mol. The molecule has 0 aliphatic heterocycles. The molecule has 0 unspecified atom stereocenters. The molecule has 80 valence electrons. The van der Waals surface area contributed by atoms with Crippen LogP contribution in [0.3, 0.4) is 0 Å². The van der Waals surface area contributed by atoms with Crippen LogP contribution in [0.15, 0.2) is 12.1 Å². The van der Waals surface area contributed by atoms with Gasteiger partial charge in [-0.1, -0.05) is 11.6 Å². The molecule has 1 fully saturated rings. The number of Topliss-reactive ketones (excluding diaryl/α,β-unsaturated/α-hetero) is 1. The first kappa shape index (κ1) is 10.3. The van der Waals surface area contributed by atoms with Crippen LogP contribution in [-0.4, -0.2) is 18.0 Å². The molecule has 1 saturated carbocycles. The summed E-state index contributed by atoms with van der Waals surface area (Å²) in [4.78, 5) is 11.8. The fourth-order valence-electron chi connectivity index (χ4n) is 1.48. The van der Waals surface area contributed by atoms with Gasteiger partial charge in [-0.25, -0.2) is 0 Å². The van der Waals surface area contributed by atoms with Crippen LogP contribution in [0.1, 0.15) is 23.2 Å². The van der Waals surface area contributed by atoms with Crippen molar-refractivity contribution < 1.29 is 14.6 Å². The van der Waals surface area contributed by atoms with E-state index in [0.717, 1.165) is 12.8 Å². The van der Waals surface area contributed by atoms with E-state index < -0.39 is 0 Å². The van der Waals surface area contributed by atoms with Gasteiger partial charge in [-0.15, -0.1) is 0 Å². The highest BCUT2D eigenvalue weighted by molar-refractivity contribution is 6.31. The van der Waals surface area contributed by atoms with Crippen molar-refractivity contribution in [2.45, 2.75) is 12.8 Å². The normalized spacial score (nSPS) is 15.1. The van der Waals surface area contributed by atoms with Crippen molar-refractivity contribution in [2.24, 2.45) is 5.92 Å². The summed E-state index contributed by atoms with van der Waals surface area (Å²) in [6.07, 6.45) is 1.79. The number of benzene rings is 1. The highest BCUT2D eigenvalue weighted by atomic mass is 35.5. The Morgan fingerprint density at radius 2 is 2.20 bits per heavy atom. The minimum atomic E-state index is -0.112. The molecule has 0 aromatic heterocycles. The summed E-state index contributed by atoms with van der Waals surface area (Å²) in [5.41, 5.74) is 0.266. The van der Waals surface area contributed by atoms with Gasteiger partial charge < -0.3 is 9.84 Å². The Labute approximate surface area is 92.6 Å². The van der Waals surface area contributed by atoms with Crippen LogP contribution in [0, 0.1) is 5.92 Å². The summed E-state index contributed by atoms with van der Waals surface area (Å²) in [7, 11) is 1.43. The number of methoxy groups -OCH3 is 1. The molecule has 0 atom stereocenters. The molecule has 2 rings (SSSR count). The number of rotatable bonds is 3. The lowest BCUT2D eigenvalue weighted by molar-refractivity contribution is 0.0964. The van der Waals surface area contributed by atoms with E-state index in [2.05, 4.69) is 0 Å². The van der Waals surface area contributed by atoms with Gasteiger partial charge in [0.15, 0.2) is 17.3 Å². The molecule has 0 saturated heterocycles. The van der Waals surface area contributed by atoms with Gasteiger partial charge in [-0.2, -0.15) is 0 Å². The molecule has 3 nitrogen and oxygen atoms in total. The topological polar surface area (TPSA) is 46.5 Å². The van der Waals surface area contributed by atoms with Crippen LogP contribution in [-0.2, 0) is 0 Å². The molecule has 0 heterocycles. The van der Waals surface area contributed by atoms with Crippen molar-refractivity contribution in [3.05, 3.63) is 22.7 Å². The SMILES string of the molecule is COc1cc(Cl)cc(C(=O)C2CC2)c1O. The van der Waals surface area contributed by atoms with Crippen LogP contribution in [0.4, 0.5) is 0 Å². The van der Waals surface area contributed by atoms with Gasteiger partial charge >= 0.3 is 0 Å². The summed E-state index contributed by atoms with van der Waals surface area (Å²) in [6, 6.07) is 2.97. The quantitative estimate of drug-likeness (QED) is 0.806. The molecule has 1 aliphatic carbocycles. The molecule has 1 N–H and O–H groups in total. The number of phenols is 1. The summed E-state index contributed by atoms with van der Waals surface area (Å²) in [5.74, 6) is 0.137. The van der Waals surface area contributed by atoms with Gasteiger partial charge in [0.05, 0.1) is 12.7 Å². The van der Waals surface area contributed by atoms with E-state index in [9.17, 15) is 9.90 Å². The maximum atomic E-state index is 11.8. The van der Waals surface area contributed by atoms with Gasteiger partial charge in [0.2, 0.25) is 0 Å². The summed E-state index contributed by atoms with van der Waals surface area (Å²) in [6.45, 7) is 0. The maximum Gasteiger partial charge on any atom is 0.169 e. The summed E-state index contributed by atoms with van der Waals surface area (Å²) >= 11 is 5.83. The fraction of sp³-hybridized carbons (Fsp3) is 0.364. The van der Waals surface area contributed by atoms with E-state index in [1.54, 1.807) is 0 Å². The Hall–Kier alpha value is -1.22. The zero-order chi connectivity index (χ0) is 11.0. The number of ether oxygens (including phenoxy) is 1. The first-order valence-electron chi connectivity index (χ1n) is 4.74. The number of phenolic OH excluding ortho intramolecular Hbond substituents is 1. The van der Waals surface area contributed by atoms with Gasteiger partial charge in [-0.3, -0.25) is 4.79 Å². The van der Waals surface area contributed by atoms with Crippen LogP contribution in [0.5, 0.6) is 11.5 Å². The molecule has 1 aromatic carbocycles. The molecule has 0 spiro atoms. The minimum absolute atomic E-state index is 0.0479. The Balaban J connectivity index is 2.44. The van der Waals surface area contributed by atoms with E-state index in [1.165, 1.54) is 19.2 Å². The third-order valence-electron chi connectivity index (χ3n) is 2.47. The average Bonchev–Trinajstić information content (AvgIpc) is 3.03. The lowest BCUT2D eigenvalue weighted by Crippen LogP contribution is -2.02. The zero-order valence-electron chi connectivity index (χ0n) is 8.29. The van der Waals surface area contributed by atoms with Crippen LogP contribution in [0.2, 0.25) is 5.02 Å². The van der Waals surface area contributed by atoms with Crippen molar-refractivity contribution in [3.8, 4) is 11.5 Å². The molecular weight excluding hydrogens is 216 g/mol. The number of halogens is 1. The number of ketones is 1. The van der Waals surface area contributed by atoms with Crippen molar-refractivity contribution in [1.29, 1.82) is 0 Å². The predicted octanol–water partition coefficient (Wildman–Crippen LogP) is 2.65. The van der Waals surface area contributed by atoms with Gasteiger partial charge in [0.25, 0.3) is 0 Å². The fourth-order valence-corrected chi connectivity index (χ4v) is 1.69. The average molecular weight is 227 g/mol. The van der Waals surface area contributed by atoms with E-state index in [1.807, 2.05) is 0 Å². The van der Waals surface area contributed by atoms with Crippen molar-refractivity contribution in [3.63, 3.8) is 0 Å². The van der Waals surface area contributed by atoms with Crippen LogP contribution < -0.4 is 4.74 Å². The Morgan fingerprint density at radius 3 is 2.73 bits per heavy atom. The van der Waals surface area contributed by atoms with Gasteiger partial charge in [0.1, 0.15) is 0 Å². The molecule has 4 heteroatoms. The van der Waals surface area contributed by atoms with E-state index in [-0.39, 0.29) is 28.8 Å². The third-order valence-corrected chi connectivity index (χ3v) is 2.69. The summed E-state index contributed by atoms with van der Waals surface area (Å²) in [5, 5.41) is 10.2. The number of aromatic hydroxyl groups is 1. The van der Waals surface area contributed by atoms with E-state index >= 15 is 0 Å². The number of carbonyl (C=O) groups excluding carboxylic acids is 1. The van der Waals surface area contributed by atoms with Crippen molar-refractivity contribution in [2.75, 3.05) is 7.11 Å². The second-order valence-corrected chi connectivity index (χ2v) is 4.08. The Bertz CT molecular complexity index is 411. The number of hydrogen-bond acceptors (Lipinski definition) is 3. The largest absolute Gasteiger partial charge is 0.504 e. The lowest BCUT2D eigenvalue weighted by atomic mass is 10.1. The molecular formula is C11H11ClO3. The number of hydrogen-bond donors (Lipinski definition) is 1. The predicted molar refractivity (Wildman–Crippen MR) is 56.7 cm³/mol. The van der Waals surface area contributed by atoms with Gasteiger partial charge in [0, 0.05) is 17.0 Å². The minimum Gasteiger partial charge on any atom is -0.504 e. The lowest BCUT2D eigenvalue weighted by Gasteiger charge is -2.08. The smallest absolute Gasteiger partial charge is 0.169 e. The highest BCUT2D eigenvalue weighted by Gasteiger charge is 2.32. The Kier molecular flexibility index (Phi) is 2.57. The van der Waals surface area contributed by atoms with Crippen LogP contribution >= 0.6 is 11.6 Å². The summed E-state index contributed by atoms with van der Waals surface area (Å²) < 4.78 is 4.93. The second-order valence-electron chi connectivity index (χ2n) is 3.64. The number of carbonyl (C=O) groups is 1. The molecule has 0 amide bonds. The van der Waals surface area contributed by atoms with E-state index in [4.69, 9.17) is 16.3 Å². The maximum absolute atomic E-state index is 11.8. The molecule has 0 radical (unpaired) electrons. The second kappa shape index (κ2) is 3.74. The van der Waals surface area contributed by atoms with Crippen molar-refractivity contribution >= 4 is 17.4 Å². The molecule has 1 aliphatic rings. The highest BCUT2D eigenvalue weighted by Crippen LogP contribution is 2.39. The first-order valence-corrected chi connectivity index (χ1v) is 5.12. The van der Waals surface area contributed by atoms with Crippen molar-refractivity contribution in [1.82, 2.24) is 0 Å².